The predicted octanol–water partition coefficient (Wildman–Crippen LogP) is 5.61. The molecule has 0 atom stereocenters. The predicted molar refractivity (Wildman–Crippen MR) is 108 cm³/mol. The molecule has 0 saturated heterocycles. The molecule has 130 valence electrons. The summed E-state index contributed by atoms with van der Waals surface area (Å²) in [5.74, 6) is 1.39. The summed E-state index contributed by atoms with van der Waals surface area (Å²) in [6.45, 7) is 0. The van der Waals surface area contributed by atoms with E-state index >= 15 is 0 Å². The zero-order chi connectivity index (χ0) is 18.2. The van der Waals surface area contributed by atoms with E-state index in [9.17, 15) is 0 Å². The highest BCUT2D eigenvalue weighted by Crippen LogP contribution is 2.32. The van der Waals surface area contributed by atoms with Crippen molar-refractivity contribution in [3.05, 3.63) is 78.0 Å². The van der Waals surface area contributed by atoms with Crippen molar-refractivity contribution in [1.82, 2.24) is 20.2 Å². The molecule has 0 bridgehead atoms. The van der Waals surface area contributed by atoms with E-state index in [0.717, 1.165) is 22.3 Å². The summed E-state index contributed by atoms with van der Waals surface area (Å²) < 4.78 is 5.93. The van der Waals surface area contributed by atoms with Crippen molar-refractivity contribution in [3.8, 4) is 33.8 Å². The number of hydrogen-bond donors (Lipinski definition) is 2. The zero-order valence-corrected chi connectivity index (χ0v) is 15.0. The van der Waals surface area contributed by atoms with E-state index in [1.807, 2.05) is 18.2 Å². The van der Waals surface area contributed by atoms with Crippen LogP contribution in [0.15, 0.2) is 77.7 Å². The number of rotatable bonds is 3. The molecule has 5 rings (SSSR count). The second-order valence-corrected chi connectivity index (χ2v) is 6.63. The molecule has 0 aliphatic heterocycles. The van der Waals surface area contributed by atoms with Gasteiger partial charge in [-0.05, 0) is 58.4 Å². The minimum absolute atomic E-state index is 0.419. The molecular weight excluding hydrogens is 356 g/mol. The molecule has 2 N–H and O–H groups in total. The van der Waals surface area contributed by atoms with Crippen molar-refractivity contribution in [2.75, 3.05) is 0 Å². The molecule has 27 heavy (non-hydrogen) atoms. The van der Waals surface area contributed by atoms with Crippen LogP contribution >= 0.6 is 12.2 Å². The van der Waals surface area contributed by atoms with E-state index in [-0.39, 0.29) is 0 Å². The van der Waals surface area contributed by atoms with Crippen LogP contribution in [0.1, 0.15) is 0 Å². The van der Waals surface area contributed by atoms with Gasteiger partial charge in [0.15, 0.2) is 18.0 Å². The van der Waals surface area contributed by atoms with Crippen LogP contribution in [0.3, 0.4) is 0 Å². The lowest BCUT2D eigenvalue weighted by atomic mass is 9.96. The summed E-state index contributed by atoms with van der Waals surface area (Å²) in [6, 6.07) is 20.9. The highest BCUT2D eigenvalue weighted by molar-refractivity contribution is 7.71. The van der Waals surface area contributed by atoms with Crippen LogP contribution in [0.4, 0.5) is 0 Å². The number of fused-ring (bicyclic) bond motifs is 1. The molecule has 2 aromatic heterocycles. The first-order valence-corrected chi connectivity index (χ1v) is 8.85. The zero-order valence-electron chi connectivity index (χ0n) is 14.1. The van der Waals surface area contributed by atoms with Crippen LogP contribution in [0.5, 0.6) is 0 Å². The summed E-state index contributed by atoms with van der Waals surface area (Å²) in [5.41, 5.74) is 4.02. The first-order chi connectivity index (χ1) is 13.3. The Morgan fingerprint density at radius 2 is 1.59 bits per heavy atom. The van der Waals surface area contributed by atoms with Gasteiger partial charge in [-0.25, -0.2) is 4.98 Å². The number of oxazole rings is 1. The molecule has 6 heteroatoms. The molecule has 0 saturated carbocycles. The van der Waals surface area contributed by atoms with E-state index in [4.69, 9.17) is 16.6 Å². The minimum Gasteiger partial charge on any atom is -0.444 e. The SMILES string of the molecule is S=c1nc(-c2cc(-c3ccc4ccccc4c3)cc(-c3cnco3)c2)[nH][nH]1. The van der Waals surface area contributed by atoms with Gasteiger partial charge in [0.1, 0.15) is 0 Å². The lowest BCUT2D eigenvalue weighted by Gasteiger charge is -2.09. The summed E-state index contributed by atoms with van der Waals surface area (Å²) in [4.78, 5) is 8.38. The Hall–Kier alpha value is -3.51. The molecule has 3 aromatic carbocycles. The van der Waals surface area contributed by atoms with Crippen LogP contribution in [0.2, 0.25) is 0 Å². The third-order valence-electron chi connectivity index (χ3n) is 4.51. The fraction of sp³-hybridized carbons (Fsp3) is 0. The van der Waals surface area contributed by atoms with Gasteiger partial charge in [0.25, 0.3) is 0 Å². The molecule has 0 unspecified atom stereocenters. The number of hydrogen-bond acceptors (Lipinski definition) is 4. The van der Waals surface area contributed by atoms with Gasteiger partial charge in [0, 0.05) is 11.1 Å². The first-order valence-electron chi connectivity index (χ1n) is 8.44. The van der Waals surface area contributed by atoms with Gasteiger partial charge in [0.05, 0.1) is 6.20 Å². The first kappa shape index (κ1) is 15.7. The van der Waals surface area contributed by atoms with Crippen molar-refractivity contribution < 1.29 is 4.42 Å². The van der Waals surface area contributed by atoms with Gasteiger partial charge in [-0.1, -0.05) is 36.4 Å². The quantitative estimate of drug-likeness (QED) is 0.405. The van der Waals surface area contributed by atoms with Gasteiger partial charge >= 0.3 is 0 Å². The van der Waals surface area contributed by atoms with Gasteiger partial charge in [0.2, 0.25) is 4.77 Å². The van der Waals surface area contributed by atoms with Crippen LogP contribution < -0.4 is 0 Å². The lowest BCUT2D eigenvalue weighted by molar-refractivity contribution is 0.572. The summed E-state index contributed by atoms with van der Waals surface area (Å²) >= 11 is 5.10. The largest absolute Gasteiger partial charge is 0.444 e. The van der Waals surface area contributed by atoms with Crippen LogP contribution in [-0.4, -0.2) is 20.2 Å². The maximum absolute atomic E-state index is 5.51. The third kappa shape index (κ3) is 2.96. The molecule has 5 aromatic rings. The molecule has 0 radical (unpaired) electrons. The maximum Gasteiger partial charge on any atom is 0.213 e. The second kappa shape index (κ2) is 6.34. The Labute approximate surface area is 159 Å². The topological polar surface area (TPSA) is 70.5 Å². The smallest absolute Gasteiger partial charge is 0.213 e. The number of H-pyrrole nitrogens is 2. The van der Waals surface area contributed by atoms with Crippen molar-refractivity contribution >= 4 is 23.0 Å². The molecule has 0 spiro atoms. The van der Waals surface area contributed by atoms with Crippen LogP contribution in [0.25, 0.3) is 44.6 Å². The molecular formula is C21H14N4OS. The van der Waals surface area contributed by atoms with Gasteiger partial charge < -0.3 is 4.42 Å². The molecule has 2 heterocycles. The summed E-state index contributed by atoms with van der Waals surface area (Å²) in [7, 11) is 0. The Morgan fingerprint density at radius 1 is 0.778 bits per heavy atom. The van der Waals surface area contributed by atoms with E-state index in [1.165, 1.54) is 17.2 Å². The third-order valence-corrected chi connectivity index (χ3v) is 4.70. The minimum atomic E-state index is 0.419. The molecule has 0 fully saturated rings. The Kier molecular flexibility index (Phi) is 3.69. The van der Waals surface area contributed by atoms with Gasteiger partial charge in [-0.2, -0.15) is 4.98 Å². The Bertz CT molecular complexity index is 1300. The number of aromatic amines is 2. The van der Waals surface area contributed by atoms with Gasteiger partial charge in [-0.15, -0.1) is 0 Å². The highest BCUT2D eigenvalue weighted by atomic mass is 32.1. The van der Waals surface area contributed by atoms with Crippen LogP contribution in [0, 0.1) is 4.77 Å². The molecule has 5 nitrogen and oxygen atoms in total. The van der Waals surface area contributed by atoms with Gasteiger partial charge in [-0.3, -0.25) is 10.2 Å². The van der Waals surface area contributed by atoms with Crippen molar-refractivity contribution in [2.24, 2.45) is 0 Å². The second-order valence-electron chi connectivity index (χ2n) is 6.24. The Morgan fingerprint density at radius 3 is 2.37 bits per heavy atom. The number of nitrogens with zero attached hydrogens (tertiary/aromatic N) is 2. The monoisotopic (exact) mass is 370 g/mol. The van der Waals surface area contributed by atoms with E-state index < -0.39 is 0 Å². The molecule has 0 aliphatic rings. The normalized spacial score (nSPS) is 11.1. The molecule has 0 aliphatic carbocycles. The Balaban J connectivity index is 1.72. The standard InChI is InChI=1S/C21H14N4OS/c27-21-23-20(24-25-21)18-9-16(8-17(10-18)19-11-22-12-26-19)15-6-5-13-3-1-2-4-14(13)7-15/h1-12H,(H2,23,24,25,27). The van der Waals surface area contributed by atoms with Crippen molar-refractivity contribution in [2.45, 2.75) is 0 Å². The molecule has 0 amide bonds. The van der Waals surface area contributed by atoms with Crippen LogP contribution in [-0.2, 0) is 0 Å². The van der Waals surface area contributed by atoms with E-state index in [0.29, 0.717) is 16.4 Å². The average Bonchev–Trinajstić information content (AvgIpc) is 3.39. The maximum atomic E-state index is 5.51. The number of benzene rings is 3. The summed E-state index contributed by atoms with van der Waals surface area (Å²) in [6.07, 6.45) is 3.13. The average molecular weight is 370 g/mol. The van der Waals surface area contributed by atoms with Crippen molar-refractivity contribution in [1.29, 1.82) is 0 Å². The lowest BCUT2D eigenvalue weighted by Crippen LogP contribution is -1.87. The fourth-order valence-corrected chi connectivity index (χ4v) is 3.35. The summed E-state index contributed by atoms with van der Waals surface area (Å²) in [5, 5.41) is 8.27. The number of aromatic nitrogens is 4. The highest BCUT2D eigenvalue weighted by Gasteiger charge is 2.11. The number of nitrogens with one attached hydrogen (secondary N) is 2. The van der Waals surface area contributed by atoms with Crippen molar-refractivity contribution in [3.63, 3.8) is 0 Å². The van der Waals surface area contributed by atoms with E-state index in [1.54, 1.807) is 6.20 Å². The van der Waals surface area contributed by atoms with E-state index in [2.05, 4.69) is 62.6 Å². The fourth-order valence-electron chi connectivity index (χ4n) is 3.21.